The summed E-state index contributed by atoms with van der Waals surface area (Å²) >= 11 is 1.57. The molecule has 3 aromatic carbocycles. The maximum atomic E-state index is 14.0. The highest BCUT2D eigenvalue weighted by Gasteiger charge is 2.44. The molecular weight excluding hydrogens is 1040 g/mol. The zero-order valence-corrected chi connectivity index (χ0v) is 46.3. The van der Waals surface area contributed by atoms with Crippen molar-refractivity contribution in [2.75, 3.05) is 102 Å². The minimum atomic E-state index is -3.31. The fraction of sp³-hybridized carbons (Fsp3) is 0.436. The van der Waals surface area contributed by atoms with Crippen molar-refractivity contribution in [3.8, 4) is 21.7 Å². The number of β-amino-alcohol motifs (C(OH)–C–C–N with tert-alkyl or cyclic N) is 1. The Balaban J connectivity index is 0.658. The average molecular weight is 1110 g/mol. The van der Waals surface area contributed by atoms with Gasteiger partial charge in [-0.05, 0) is 72.0 Å². The fourth-order valence-electron chi connectivity index (χ4n) is 9.21. The van der Waals surface area contributed by atoms with Crippen LogP contribution in [0.25, 0.3) is 27.3 Å². The first-order chi connectivity index (χ1) is 37.4. The summed E-state index contributed by atoms with van der Waals surface area (Å²) in [5.74, 6) is -0.983. The van der Waals surface area contributed by atoms with Gasteiger partial charge in [-0.1, -0.05) is 63.2 Å². The molecule has 2 aliphatic heterocycles. The molecule has 5 heterocycles. The number of carbonyl (C=O) groups is 4. The molecule has 0 aliphatic carbocycles. The number of aliphatic hydroxyl groups excluding tert-OH is 1. The molecule has 21 nitrogen and oxygen atoms in total. The van der Waals surface area contributed by atoms with Crippen LogP contribution >= 0.6 is 11.3 Å². The van der Waals surface area contributed by atoms with Crippen LogP contribution in [-0.4, -0.2) is 176 Å². The first-order valence-electron chi connectivity index (χ1n) is 26.0. The number of ether oxygens (including phenoxy) is 3. The fourth-order valence-corrected chi connectivity index (χ4v) is 10.6. The number of carbonyl (C=O) groups excluding carboxylic acids is 4. The number of aryl methyl sites for hydroxylation is 1. The van der Waals surface area contributed by atoms with Gasteiger partial charge in [-0.25, -0.2) is 17.9 Å². The van der Waals surface area contributed by atoms with Crippen molar-refractivity contribution in [3.05, 3.63) is 108 Å². The lowest BCUT2D eigenvalue weighted by molar-refractivity contribution is -0.144. The van der Waals surface area contributed by atoms with E-state index >= 15 is 0 Å². The topological polar surface area (TPSA) is 251 Å². The number of nitrogens with zero attached hydrogens (tertiary/aromatic N) is 7. The van der Waals surface area contributed by atoms with Crippen molar-refractivity contribution < 1.29 is 46.9 Å². The molecular formula is C55H69N11O10S2. The van der Waals surface area contributed by atoms with Crippen molar-refractivity contribution >= 4 is 67.8 Å². The summed E-state index contributed by atoms with van der Waals surface area (Å²) in [6.07, 6.45) is 0.387. The number of anilines is 3. The van der Waals surface area contributed by atoms with Crippen LogP contribution in [0, 0.1) is 12.3 Å². The van der Waals surface area contributed by atoms with Crippen molar-refractivity contribution in [3.63, 3.8) is 0 Å². The van der Waals surface area contributed by atoms with Gasteiger partial charge in [-0.3, -0.25) is 24.1 Å². The predicted octanol–water partition coefficient (Wildman–Crippen LogP) is 4.07. The van der Waals surface area contributed by atoms with E-state index in [2.05, 4.69) is 46.1 Å². The van der Waals surface area contributed by atoms with E-state index in [0.717, 1.165) is 70.5 Å². The molecule has 0 radical (unpaired) electrons. The number of benzene rings is 3. The van der Waals surface area contributed by atoms with Gasteiger partial charge in [0, 0.05) is 75.4 Å². The van der Waals surface area contributed by atoms with Crippen molar-refractivity contribution in [1.29, 1.82) is 0 Å². The van der Waals surface area contributed by atoms with E-state index in [1.165, 1.54) is 11.2 Å². The third-order valence-corrected chi connectivity index (χ3v) is 15.5. The molecule has 2 aliphatic rings. The van der Waals surface area contributed by atoms with Crippen LogP contribution in [-0.2, 0) is 49.8 Å². The largest absolute Gasteiger partial charge is 0.391 e. The van der Waals surface area contributed by atoms with Crippen LogP contribution < -0.4 is 26.2 Å². The predicted molar refractivity (Wildman–Crippen MR) is 297 cm³/mol. The van der Waals surface area contributed by atoms with E-state index in [4.69, 9.17) is 14.2 Å². The minimum absolute atomic E-state index is 0.0279. The maximum absolute atomic E-state index is 14.0. The summed E-state index contributed by atoms with van der Waals surface area (Å²) < 4.78 is 42.3. The highest BCUT2D eigenvalue weighted by atomic mass is 32.2. The van der Waals surface area contributed by atoms with E-state index in [9.17, 15) is 32.7 Å². The monoisotopic (exact) mass is 1110 g/mol. The molecule has 0 saturated carbocycles. The second-order valence-electron chi connectivity index (χ2n) is 20.4. The standard InChI is InChI=1S/C55H69N11O10S2/c1-37-50(77-36-58-37)40-11-9-38(10-12-40)32-57-52(70)46-31-43(67)33-65(46)53(71)51(55(2,3)4)61-49(69)35-76-30-29-75-28-27-74-26-21-56-48(68)34-63-22-24-64(25-23-63)42-17-15-41(16-18-42)59-54-60-47-8-6-7-45(66(47)62-54)39-13-19-44(20-14-39)78(5,72)73/h6-20,36,43,46,51,67H,21-35H2,1-5H3,(H,56,68)(H,57,70)(H,59,62)(H,61,69)/t43-,46+,51-/m1/s1. The number of hydrogen-bond donors (Lipinski definition) is 5. The van der Waals surface area contributed by atoms with Gasteiger partial charge in [0.25, 0.3) is 0 Å². The smallest absolute Gasteiger partial charge is 0.247 e. The molecule has 5 N–H and O–H groups in total. The molecule has 2 fully saturated rings. The number of nitrogens with one attached hydrogen (secondary N) is 4. The van der Waals surface area contributed by atoms with Gasteiger partial charge < -0.3 is 50.4 Å². The van der Waals surface area contributed by atoms with Gasteiger partial charge in [0.15, 0.2) is 15.5 Å². The minimum Gasteiger partial charge on any atom is -0.391 e. The number of likely N-dealkylation sites (tertiary alicyclic amines) is 1. The lowest BCUT2D eigenvalue weighted by atomic mass is 9.85. The number of pyridine rings is 1. The van der Waals surface area contributed by atoms with Crippen LogP contribution in [0.4, 0.5) is 17.3 Å². The third kappa shape index (κ3) is 15.5. The molecule has 6 aromatic rings. The summed E-state index contributed by atoms with van der Waals surface area (Å²) in [4.78, 5) is 69.2. The normalized spacial score (nSPS) is 16.5. The Kier molecular flexibility index (Phi) is 19.2. The van der Waals surface area contributed by atoms with Gasteiger partial charge in [-0.15, -0.1) is 16.4 Å². The number of aromatic nitrogens is 4. The summed E-state index contributed by atoms with van der Waals surface area (Å²) in [6, 6.07) is 26.4. The SMILES string of the molecule is Cc1ncsc1-c1ccc(CNC(=O)[C@@H]2C[C@@H](O)CN2C(=O)[C@@H](NC(=O)COCCOCCOCCNC(=O)CN2CCN(c3ccc(Nc4nc5cccc(-c6ccc(S(C)(=O)=O)cc6)n5n4)cc3)CC2)C(C)(C)C)cc1. The molecule has 8 rings (SSSR count). The Hall–Kier alpha value is -6.86. The van der Waals surface area contributed by atoms with Crippen LogP contribution in [0.2, 0.25) is 0 Å². The van der Waals surface area contributed by atoms with Crippen molar-refractivity contribution in [2.24, 2.45) is 5.41 Å². The van der Waals surface area contributed by atoms with Crippen molar-refractivity contribution in [1.82, 2.24) is 45.3 Å². The Morgan fingerprint density at radius 3 is 2.17 bits per heavy atom. The quantitative estimate of drug-likeness (QED) is 0.0536. The first-order valence-corrected chi connectivity index (χ1v) is 28.7. The van der Waals surface area contributed by atoms with E-state index in [-0.39, 0.29) is 62.6 Å². The van der Waals surface area contributed by atoms with Gasteiger partial charge in [0.1, 0.15) is 18.7 Å². The zero-order valence-electron chi connectivity index (χ0n) is 44.6. The lowest BCUT2D eigenvalue weighted by Crippen LogP contribution is -2.58. The number of sulfone groups is 1. The number of piperazine rings is 1. The Morgan fingerprint density at radius 1 is 0.821 bits per heavy atom. The highest BCUT2D eigenvalue weighted by Crippen LogP contribution is 2.30. The summed E-state index contributed by atoms with van der Waals surface area (Å²) in [5, 5.41) is 27.1. The van der Waals surface area contributed by atoms with E-state index < -0.39 is 45.3 Å². The zero-order chi connectivity index (χ0) is 55.4. The molecule has 0 spiro atoms. The molecule has 78 heavy (non-hydrogen) atoms. The maximum Gasteiger partial charge on any atom is 0.247 e. The number of thiazole rings is 1. The lowest BCUT2D eigenvalue weighted by Gasteiger charge is -2.35. The average Bonchev–Trinajstić information content (AvgIpc) is 4.18. The van der Waals surface area contributed by atoms with Gasteiger partial charge in [0.05, 0.1) is 72.4 Å². The Morgan fingerprint density at radius 2 is 1.50 bits per heavy atom. The second-order valence-corrected chi connectivity index (χ2v) is 23.3. The molecule has 23 heteroatoms. The number of amides is 4. The number of aliphatic hydroxyl groups is 1. The van der Waals surface area contributed by atoms with E-state index in [1.807, 2.05) is 99.9 Å². The van der Waals surface area contributed by atoms with Gasteiger partial charge >= 0.3 is 0 Å². The van der Waals surface area contributed by atoms with Crippen LogP contribution in [0.5, 0.6) is 0 Å². The number of hydrogen-bond acceptors (Lipinski definition) is 17. The van der Waals surface area contributed by atoms with Crippen LogP contribution in [0.3, 0.4) is 0 Å². The summed E-state index contributed by atoms with van der Waals surface area (Å²) in [7, 11) is -3.31. The molecule has 3 atom stereocenters. The van der Waals surface area contributed by atoms with Gasteiger partial charge in [-0.2, -0.15) is 4.98 Å². The first kappa shape index (κ1) is 57.3. The molecule has 4 amide bonds. The summed E-state index contributed by atoms with van der Waals surface area (Å²) in [6.45, 7) is 12.2. The second kappa shape index (κ2) is 26.2. The summed E-state index contributed by atoms with van der Waals surface area (Å²) in [5.41, 5.74) is 8.11. The molecule has 2 saturated heterocycles. The molecule has 0 bridgehead atoms. The molecule has 0 unspecified atom stereocenters. The van der Waals surface area contributed by atoms with E-state index in [0.29, 0.717) is 37.9 Å². The van der Waals surface area contributed by atoms with E-state index in [1.54, 1.807) is 40.1 Å². The third-order valence-electron chi connectivity index (χ3n) is 13.4. The number of fused-ring (bicyclic) bond motifs is 1. The molecule has 416 valence electrons. The Labute approximate surface area is 458 Å². The molecule has 3 aromatic heterocycles. The Bertz CT molecular complexity index is 3100. The van der Waals surface area contributed by atoms with Crippen LogP contribution in [0.1, 0.15) is 38.4 Å². The highest BCUT2D eigenvalue weighted by molar-refractivity contribution is 7.90. The van der Waals surface area contributed by atoms with Gasteiger partial charge in [0.2, 0.25) is 29.6 Å². The van der Waals surface area contributed by atoms with Crippen LogP contribution in [0.15, 0.2) is 101 Å². The number of rotatable bonds is 24. The van der Waals surface area contributed by atoms with Crippen molar-refractivity contribution in [2.45, 2.75) is 63.7 Å².